The third kappa shape index (κ3) is 1.86. The zero-order chi connectivity index (χ0) is 9.26. The molecule has 0 spiro atoms. The topological polar surface area (TPSA) is 0 Å². The zero-order valence-electron chi connectivity index (χ0n) is 6.63. The molecular formula is C10H6ClFSe. The number of rotatable bonds is 1. The average molecular weight is 260 g/mol. The van der Waals surface area contributed by atoms with Gasteiger partial charge < -0.3 is 0 Å². The summed E-state index contributed by atoms with van der Waals surface area (Å²) >= 11 is 6.34. The van der Waals surface area contributed by atoms with Crippen molar-refractivity contribution in [3.05, 3.63) is 45.0 Å². The molecule has 2 rings (SSSR count). The van der Waals surface area contributed by atoms with Gasteiger partial charge in [0.15, 0.2) is 0 Å². The van der Waals surface area contributed by atoms with E-state index >= 15 is 0 Å². The van der Waals surface area contributed by atoms with Gasteiger partial charge in [-0.3, -0.25) is 0 Å². The van der Waals surface area contributed by atoms with Crippen LogP contribution in [-0.2, 0) is 0 Å². The van der Waals surface area contributed by atoms with Gasteiger partial charge in [-0.1, -0.05) is 0 Å². The van der Waals surface area contributed by atoms with E-state index in [0.29, 0.717) is 19.5 Å². The first-order valence-corrected chi connectivity index (χ1v) is 6.10. The van der Waals surface area contributed by atoms with Gasteiger partial charge in [-0.15, -0.1) is 0 Å². The molecule has 3 heteroatoms. The van der Waals surface area contributed by atoms with Crippen LogP contribution in [0.3, 0.4) is 0 Å². The maximum absolute atomic E-state index is 12.7. The van der Waals surface area contributed by atoms with Gasteiger partial charge in [-0.2, -0.15) is 0 Å². The Kier molecular flexibility index (Phi) is 2.54. The Hall–Kier alpha value is -0.561. The van der Waals surface area contributed by atoms with Crippen LogP contribution >= 0.6 is 11.6 Å². The van der Waals surface area contributed by atoms with Gasteiger partial charge in [0.25, 0.3) is 0 Å². The number of hydrogen-bond donors (Lipinski definition) is 0. The fourth-order valence-electron chi connectivity index (χ4n) is 1.14. The SMILES string of the molecule is Fc1ccc(-c2cc[se]c2)c(Cl)c1. The van der Waals surface area contributed by atoms with Crippen LogP contribution in [0.5, 0.6) is 0 Å². The molecule has 0 amide bonds. The van der Waals surface area contributed by atoms with Crippen molar-refractivity contribution in [1.82, 2.24) is 0 Å². The fourth-order valence-corrected chi connectivity index (χ4v) is 2.79. The molecule has 66 valence electrons. The second-order valence-electron chi connectivity index (χ2n) is 2.64. The van der Waals surface area contributed by atoms with Crippen molar-refractivity contribution in [1.29, 1.82) is 0 Å². The zero-order valence-corrected chi connectivity index (χ0v) is 9.10. The van der Waals surface area contributed by atoms with Gasteiger partial charge >= 0.3 is 86.6 Å². The summed E-state index contributed by atoms with van der Waals surface area (Å²) in [6, 6.07) is 6.52. The second kappa shape index (κ2) is 3.67. The van der Waals surface area contributed by atoms with Crippen molar-refractivity contribution in [2.24, 2.45) is 0 Å². The van der Waals surface area contributed by atoms with Gasteiger partial charge in [0, 0.05) is 0 Å². The quantitative estimate of drug-likeness (QED) is 0.690. The summed E-state index contributed by atoms with van der Waals surface area (Å²) in [4.78, 5) is 4.24. The van der Waals surface area contributed by atoms with Gasteiger partial charge in [-0.05, 0) is 0 Å². The summed E-state index contributed by atoms with van der Waals surface area (Å²) in [6.45, 7) is 0. The van der Waals surface area contributed by atoms with E-state index in [-0.39, 0.29) is 5.82 Å². The summed E-state index contributed by atoms with van der Waals surface area (Å²) in [6.07, 6.45) is 0. The van der Waals surface area contributed by atoms with Crippen molar-refractivity contribution in [3.63, 3.8) is 0 Å². The van der Waals surface area contributed by atoms with Crippen LogP contribution in [0, 0.1) is 5.82 Å². The third-order valence-corrected chi connectivity index (χ3v) is 3.51. The third-order valence-electron chi connectivity index (χ3n) is 1.76. The summed E-state index contributed by atoms with van der Waals surface area (Å²) in [5.74, 6) is -0.290. The van der Waals surface area contributed by atoms with Crippen molar-refractivity contribution in [3.8, 4) is 11.1 Å². The molecular weight excluding hydrogens is 254 g/mol. The molecule has 1 aromatic heterocycles. The molecule has 0 atom stereocenters. The van der Waals surface area contributed by atoms with Crippen molar-refractivity contribution in [2.75, 3.05) is 0 Å². The molecule has 0 saturated heterocycles. The van der Waals surface area contributed by atoms with Crippen LogP contribution in [-0.4, -0.2) is 14.5 Å². The van der Waals surface area contributed by atoms with Crippen molar-refractivity contribution in [2.45, 2.75) is 0 Å². The van der Waals surface area contributed by atoms with Gasteiger partial charge in [-0.25, -0.2) is 0 Å². The molecule has 0 fully saturated rings. The van der Waals surface area contributed by atoms with Crippen LogP contribution in [0.2, 0.25) is 5.02 Å². The molecule has 1 heterocycles. The number of hydrogen-bond acceptors (Lipinski definition) is 0. The van der Waals surface area contributed by atoms with Crippen molar-refractivity contribution < 1.29 is 4.39 Å². The standard InChI is InChI=1S/C10H6ClFSe/c11-10-5-8(12)1-2-9(10)7-3-4-13-6-7/h1-6H. The first kappa shape index (κ1) is 9.01. The molecule has 0 aliphatic carbocycles. The van der Waals surface area contributed by atoms with Gasteiger partial charge in [0.1, 0.15) is 0 Å². The Morgan fingerprint density at radius 2 is 2.08 bits per heavy atom. The maximum atomic E-state index is 12.7. The summed E-state index contributed by atoms with van der Waals surface area (Å²) in [5, 5.41) is 0.480. The summed E-state index contributed by atoms with van der Waals surface area (Å²) < 4.78 is 12.7. The first-order valence-electron chi connectivity index (χ1n) is 3.75. The molecule has 0 radical (unpaired) electrons. The van der Waals surface area contributed by atoms with E-state index < -0.39 is 0 Å². The number of benzene rings is 1. The van der Waals surface area contributed by atoms with Crippen LogP contribution in [0.15, 0.2) is 34.1 Å². The monoisotopic (exact) mass is 260 g/mol. The van der Waals surface area contributed by atoms with E-state index in [2.05, 4.69) is 9.88 Å². The second-order valence-corrected chi connectivity index (χ2v) is 4.68. The predicted molar refractivity (Wildman–Crippen MR) is 53.8 cm³/mol. The normalized spacial score (nSPS) is 10.3. The minimum atomic E-state index is -0.290. The Morgan fingerprint density at radius 1 is 1.23 bits per heavy atom. The molecule has 0 unspecified atom stereocenters. The van der Waals surface area contributed by atoms with Crippen molar-refractivity contribution >= 4 is 26.1 Å². The summed E-state index contributed by atoms with van der Waals surface area (Å²) in [7, 11) is 0. The predicted octanol–water partition coefficient (Wildman–Crippen LogP) is 3.20. The molecule has 0 saturated carbocycles. The molecule has 0 N–H and O–H groups in total. The minimum absolute atomic E-state index is 0.290. The molecule has 0 aliphatic rings. The Balaban J connectivity index is 2.53. The molecule has 1 aromatic carbocycles. The summed E-state index contributed by atoms with van der Waals surface area (Å²) in [5.41, 5.74) is 2.02. The average Bonchev–Trinajstić information content (AvgIpc) is 2.56. The van der Waals surface area contributed by atoms with E-state index in [9.17, 15) is 4.39 Å². The van der Waals surface area contributed by atoms with E-state index in [0.717, 1.165) is 11.1 Å². The van der Waals surface area contributed by atoms with Gasteiger partial charge in [0.2, 0.25) is 0 Å². The Bertz CT molecular complexity index is 409. The molecule has 13 heavy (non-hydrogen) atoms. The Labute approximate surface area is 86.7 Å². The molecule has 2 aromatic rings. The molecule has 0 aliphatic heterocycles. The molecule has 0 bridgehead atoms. The van der Waals surface area contributed by atoms with Crippen LogP contribution in [0.25, 0.3) is 11.1 Å². The Morgan fingerprint density at radius 3 is 2.69 bits per heavy atom. The number of halogens is 2. The first-order chi connectivity index (χ1) is 6.27. The van der Waals surface area contributed by atoms with E-state index in [4.69, 9.17) is 11.6 Å². The van der Waals surface area contributed by atoms with Gasteiger partial charge in [0.05, 0.1) is 0 Å². The molecule has 0 nitrogen and oxygen atoms in total. The van der Waals surface area contributed by atoms with Crippen LogP contribution < -0.4 is 0 Å². The van der Waals surface area contributed by atoms with E-state index in [1.165, 1.54) is 12.1 Å². The fraction of sp³-hybridized carbons (Fsp3) is 0. The van der Waals surface area contributed by atoms with E-state index in [1.54, 1.807) is 6.07 Å². The van der Waals surface area contributed by atoms with Crippen LogP contribution in [0.1, 0.15) is 0 Å². The van der Waals surface area contributed by atoms with E-state index in [1.807, 2.05) is 6.07 Å². The van der Waals surface area contributed by atoms with Crippen LogP contribution in [0.4, 0.5) is 4.39 Å².